The zero-order valence-corrected chi connectivity index (χ0v) is 13.0. The van der Waals surface area contributed by atoms with Gasteiger partial charge in [0.2, 0.25) is 5.82 Å². The molecule has 104 valence electrons. The van der Waals surface area contributed by atoms with Crippen LogP contribution in [0.1, 0.15) is 27.2 Å². The lowest BCUT2D eigenvalue weighted by molar-refractivity contribution is -0.384. The van der Waals surface area contributed by atoms with Gasteiger partial charge in [-0.3, -0.25) is 10.1 Å². The predicted octanol–water partition coefficient (Wildman–Crippen LogP) is 3.62. The van der Waals surface area contributed by atoms with Crippen LogP contribution in [0, 0.1) is 21.4 Å². The van der Waals surface area contributed by atoms with Crippen LogP contribution >= 0.6 is 15.9 Å². The number of pyridine rings is 1. The Morgan fingerprint density at radius 3 is 2.74 bits per heavy atom. The Bertz CT molecular complexity index is 499. The summed E-state index contributed by atoms with van der Waals surface area (Å²) in [6.07, 6.45) is 2.67. The molecule has 0 spiro atoms. The number of anilines is 1. The van der Waals surface area contributed by atoms with Crippen LogP contribution in [0.3, 0.4) is 0 Å². The number of rotatable bonds is 2. The zero-order chi connectivity index (χ0) is 14.2. The largest absolute Gasteiger partial charge is 0.351 e. The van der Waals surface area contributed by atoms with Crippen molar-refractivity contribution in [2.45, 2.75) is 27.2 Å². The average Bonchev–Trinajstić information content (AvgIpc) is 2.77. The third kappa shape index (κ3) is 3.05. The monoisotopic (exact) mass is 327 g/mol. The Morgan fingerprint density at radius 1 is 1.53 bits per heavy atom. The van der Waals surface area contributed by atoms with E-state index in [0.29, 0.717) is 16.2 Å². The molecule has 1 aromatic rings. The molecule has 2 heterocycles. The molecule has 19 heavy (non-hydrogen) atoms. The van der Waals surface area contributed by atoms with E-state index in [1.165, 1.54) is 6.07 Å². The fraction of sp³-hybridized carbons (Fsp3) is 0.615. The summed E-state index contributed by atoms with van der Waals surface area (Å²) in [5.41, 5.74) is 0.294. The molecule has 5 nitrogen and oxygen atoms in total. The van der Waals surface area contributed by atoms with Crippen molar-refractivity contribution in [3.63, 3.8) is 0 Å². The average molecular weight is 328 g/mol. The number of hydrogen-bond donors (Lipinski definition) is 0. The van der Waals surface area contributed by atoms with Crippen molar-refractivity contribution >= 4 is 27.4 Å². The van der Waals surface area contributed by atoms with E-state index in [9.17, 15) is 10.1 Å². The highest BCUT2D eigenvalue weighted by molar-refractivity contribution is 9.10. The molecular formula is C13H18BrN3O2. The first-order valence-electron chi connectivity index (χ1n) is 6.34. The molecule has 0 N–H and O–H groups in total. The van der Waals surface area contributed by atoms with Gasteiger partial charge < -0.3 is 4.90 Å². The summed E-state index contributed by atoms with van der Waals surface area (Å²) in [7, 11) is 0. The highest BCUT2D eigenvalue weighted by Crippen LogP contribution is 2.38. The first kappa shape index (κ1) is 14.2. The summed E-state index contributed by atoms with van der Waals surface area (Å²) >= 11 is 3.23. The molecule has 0 aromatic carbocycles. The normalized spacial score (nSPS) is 19.8. The minimum Gasteiger partial charge on any atom is -0.351 e. The lowest BCUT2D eigenvalue weighted by atomic mass is 9.80. The molecule has 1 aliphatic heterocycles. The van der Waals surface area contributed by atoms with Gasteiger partial charge in [-0.25, -0.2) is 4.98 Å². The summed E-state index contributed by atoms with van der Waals surface area (Å²) in [5.74, 6) is 1.03. The van der Waals surface area contributed by atoms with E-state index in [1.54, 1.807) is 6.20 Å². The zero-order valence-electron chi connectivity index (χ0n) is 11.4. The number of halogens is 1. The van der Waals surface area contributed by atoms with Crippen LogP contribution in [-0.4, -0.2) is 23.0 Å². The maximum absolute atomic E-state index is 11.1. The lowest BCUT2D eigenvalue weighted by Crippen LogP contribution is -2.26. The fourth-order valence-corrected chi connectivity index (χ4v) is 2.78. The Morgan fingerprint density at radius 2 is 2.21 bits per heavy atom. The Hall–Kier alpha value is -1.17. The highest BCUT2D eigenvalue weighted by Gasteiger charge is 2.34. The molecule has 0 amide bonds. The molecular weight excluding hydrogens is 310 g/mol. The molecule has 6 heteroatoms. The second-order valence-electron chi connectivity index (χ2n) is 6.05. The van der Waals surface area contributed by atoms with Crippen molar-refractivity contribution in [2.75, 3.05) is 18.0 Å². The van der Waals surface area contributed by atoms with Crippen molar-refractivity contribution in [3.05, 3.63) is 26.9 Å². The van der Waals surface area contributed by atoms with E-state index in [2.05, 4.69) is 41.7 Å². The summed E-state index contributed by atoms with van der Waals surface area (Å²) in [4.78, 5) is 17.0. The van der Waals surface area contributed by atoms with Crippen molar-refractivity contribution in [3.8, 4) is 0 Å². The first-order chi connectivity index (χ1) is 8.79. The molecule has 0 aliphatic carbocycles. The van der Waals surface area contributed by atoms with Gasteiger partial charge in [-0.15, -0.1) is 0 Å². The van der Waals surface area contributed by atoms with E-state index in [1.807, 2.05) is 4.90 Å². The second kappa shape index (κ2) is 5.07. The van der Waals surface area contributed by atoms with Crippen LogP contribution in [0.5, 0.6) is 0 Å². The molecule has 1 aliphatic rings. The minimum absolute atomic E-state index is 0.0731. The maximum Gasteiger partial charge on any atom is 0.312 e. The van der Waals surface area contributed by atoms with Crippen molar-refractivity contribution in [2.24, 2.45) is 11.3 Å². The predicted molar refractivity (Wildman–Crippen MR) is 78.4 cm³/mol. The number of hydrogen-bond acceptors (Lipinski definition) is 4. The second-order valence-corrected chi connectivity index (χ2v) is 6.97. The summed E-state index contributed by atoms with van der Waals surface area (Å²) < 4.78 is 0.634. The Kier molecular flexibility index (Phi) is 3.80. The molecule has 0 saturated carbocycles. The van der Waals surface area contributed by atoms with Gasteiger partial charge in [0.05, 0.1) is 4.92 Å². The topological polar surface area (TPSA) is 59.3 Å². The molecule has 1 fully saturated rings. The van der Waals surface area contributed by atoms with Crippen molar-refractivity contribution in [1.29, 1.82) is 0 Å². The number of nitrogens with zero attached hydrogens (tertiary/aromatic N) is 3. The van der Waals surface area contributed by atoms with Gasteiger partial charge >= 0.3 is 5.69 Å². The lowest BCUT2D eigenvalue weighted by Gasteiger charge is -2.27. The van der Waals surface area contributed by atoms with E-state index in [-0.39, 0.29) is 16.0 Å². The van der Waals surface area contributed by atoms with Gasteiger partial charge in [-0.1, -0.05) is 20.8 Å². The SMILES string of the molecule is CC(C)(C)C1CCN(c2ncc(Br)cc2[N+](=O)[O-])C1. The van der Waals surface area contributed by atoms with Crippen LogP contribution in [0.4, 0.5) is 11.5 Å². The Labute approximate surface area is 121 Å². The van der Waals surface area contributed by atoms with Crippen LogP contribution < -0.4 is 4.90 Å². The molecule has 1 unspecified atom stereocenters. The molecule has 1 saturated heterocycles. The smallest absolute Gasteiger partial charge is 0.312 e. The van der Waals surface area contributed by atoms with Crippen LogP contribution in [0.2, 0.25) is 0 Å². The van der Waals surface area contributed by atoms with Gasteiger partial charge in [-0.2, -0.15) is 0 Å². The van der Waals surface area contributed by atoms with E-state index in [0.717, 1.165) is 19.5 Å². The summed E-state index contributed by atoms with van der Waals surface area (Å²) in [6.45, 7) is 8.30. The molecule has 2 rings (SSSR count). The van der Waals surface area contributed by atoms with E-state index < -0.39 is 0 Å². The number of aromatic nitrogens is 1. The molecule has 1 atom stereocenters. The molecule has 0 radical (unpaired) electrons. The minimum atomic E-state index is -0.364. The van der Waals surface area contributed by atoms with E-state index >= 15 is 0 Å². The standard InChI is InChI=1S/C13H18BrN3O2/c1-13(2,3)9-4-5-16(8-9)12-11(17(18)19)6-10(14)7-15-12/h6-7,9H,4-5,8H2,1-3H3. The fourth-order valence-electron chi connectivity index (χ4n) is 2.46. The maximum atomic E-state index is 11.1. The van der Waals surface area contributed by atoms with Gasteiger partial charge in [-0.05, 0) is 33.7 Å². The third-order valence-electron chi connectivity index (χ3n) is 3.72. The quantitative estimate of drug-likeness (QED) is 0.614. The first-order valence-corrected chi connectivity index (χ1v) is 7.13. The van der Waals surface area contributed by atoms with Crippen molar-refractivity contribution < 1.29 is 4.92 Å². The van der Waals surface area contributed by atoms with Crippen LogP contribution in [-0.2, 0) is 0 Å². The van der Waals surface area contributed by atoms with Crippen molar-refractivity contribution in [1.82, 2.24) is 4.98 Å². The van der Waals surface area contributed by atoms with Gasteiger partial charge in [0.25, 0.3) is 0 Å². The van der Waals surface area contributed by atoms with Gasteiger partial charge in [0.1, 0.15) is 0 Å². The van der Waals surface area contributed by atoms with Crippen LogP contribution in [0.25, 0.3) is 0 Å². The van der Waals surface area contributed by atoms with Gasteiger partial charge in [0, 0.05) is 29.8 Å². The van der Waals surface area contributed by atoms with Gasteiger partial charge in [0.15, 0.2) is 0 Å². The van der Waals surface area contributed by atoms with E-state index in [4.69, 9.17) is 0 Å². The van der Waals surface area contributed by atoms with Crippen LogP contribution in [0.15, 0.2) is 16.7 Å². The number of nitro groups is 1. The molecule has 1 aromatic heterocycles. The summed E-state index contributed by atoms with van der Waals surface area (Å²) in [6, 6.07) is 1.52. The summed E-state index contributed by atoms with van der Waals surface area (Å²) in [5, 5.41) is 11.1. The third-order valence-corrected chi connectivity index (χ3v) is 4.16. The Balaban J connectivity index is 2.27. The molecule has 0 bridgehead atoms. The highest BCUT2D eigenvalue weighted by atomic mass is 79.9.